The van der Waals surface area contributed by atoms with Crippen molar-refractivity contribution < 1.29 is 4.79 Å². The maximum Gasteiger partial charge on any atom is 0.236 e. The Bertz CT molecular complexity index is 157. The van der Waals surface area contributed by atoms with Crippen LogP contribution >= 0.6 is 0 Å². The lowest BCUT2D eigenvalue weighted by Crippen LogP contribution is -2.42. The standard InChI is InChI=1S/C10H20N2O/c1-4-6-7-8-12-9(3)10(13)11-5-2/h4,9,12H,1,5-8H2,2-3H3,(H,11,13). The predicted octanol–water partition coefficient (Wildman–Crippen LogP) is 1.07. The van der Waals surface area contributed by atoms with E-state index in [1.165, 1.54) is 0 Å². The molecule has 0 aromatic rings. The molecule has 0 bridgehead atoms. The van der Waals surface area contributed by atoms with Crippen LogP contribution in [0.5, 0.6) is 0 Å². The van der Waals surface area contributed by atoms with Gasteiger partial charge in [-0.25, -0.2) is 0 Å². The zero-order valence-corrected chi connectivity index (χ0v) is 8.60. The molecule has 0 aliphatic heterocycles. The zero-order chi connectivity index (χ0) is 10.1. The Balaban J connectivity index is 3.43. The van der Waals surface area contributed by atoms with E-state index in [9.17, 15) is 4.79 Å². The zero-order valence-electron chi connectivity index (χ0n) is 8.60. The molecule has 76 valence electrons. The van der Waals surface area contributed by atoms with Crippen LogP contribution in [0.3, 0.4) is 0 Å². The number of carbonyl (C=O) groups is 1. The lowest BCUT2D eigenvalue weighted by molar-refractivity contribution is -0.122. The number of amides is 1. The van der Waals surface area contributed by atoms with Crippen LogP contribution < -0.4 is 10.6 Å². The number of allylic oxidation sites excluding steroid dienone is 1. The Morgan fingerprint density at radius 1 is 1.62 bits per heavy atom. The quantitative estimate of drug-likeness (QED) is 0.459. The average molecular weight is 184 g/mol. The van der Waals surface area contributed by atoms with Crippen LogP contribution in [0.25, 0.3) is 0 Å². The van der Waals surface area contributed by atoms with Gasteiger partial charge in [-0.15, -0.1) is 6.58 Å². The van der Waals surface area contributed by atoms with Crippen molar-refractivity contribution in [2.24, 2.45) is 0 Å². The smallest absolute Gasteiger partial charge is 0.236 e. The summed E-state index contributed by atoms with van der Waals surface area (Å²) in [6, 6.07) is -0.0928. The lowest BCUT2D eigenvalue weighted by Gasteiger charge is -2.12. The summed E-state index contributed by atoms with van der Waals surface area (Å²) in [6.07, 6.45) is 3.92. The van der Waals surface area contributed by atoms with Gasteiger partial charge in [0.15, 0.2) is 0 Å². The first kappa shape index (κ1) is 12.2. The van der Waals surface area contributed by atoms with Crippen molar-refractivity contribution in [3.05, 3.63) is 12.7 Å². The molecule has 1 amide bonds. The molecule has 2 N–H and O–H groups in total. The molecule has 0 aromatic heterocycles. The van der Waals surface area contributed by atoms with Crippen molar-refractivity contribution in [1.82, 2.24) is 10.6 Å². The van der Waals surface area contributed by atoms with Gasteiger partial charge in [0.05, 0.1) is 6.04 Å². The maximum absolute atomic E-state index is 11.2. The topological polar surface area (TPSA) is 41.1 Å². The maximum atomic E-state index is 11.2. The van der Waals surface area contributed by atoms with Gasteiger partial charge in [0, 0.05) is 6.54 Å². The second kappa shape index (κ2) is 7.80. The van der Waals surface area contributed by atoms with E-state index in [-0.39, 0.29) is 11.9 Å². The van der Waals surface area contributed by atoms with E-state index in [0.717, 1.165) is 19.4 Å². The molecule has 0 fully saturated rings. The van der Waals surface area contributed by atoms with Crippen molar-refractivity contribution in [3.63, 3.8) is 0 Å². The Morgan fingerprint density at radius 3 is 2.85 bits per heavy atom. The minimum atomic E-state index is -0.0928. The molecular formula is C10H20N2O. The summed E-state index contributed by atoms with van der Waals surface area (Å²) in [5.41, 5.74) is 0. The van der Waals surface area contributed by atoms with Gasteiger partial charge in [-0.05, 0) is 33.2 Å². The summed E-state index contributed by atoms with van der Waals surface area (Å²) in [5.74, 6) is 0.0705. The largest absolute Gasteiger partial charge is 0.355 e. The highest BCUT2D eigenvalue weighted by Gasteiger charge is 2.09. The molecule has 0 heterocycles. The SMILES string of the molecule is C=CCCCNC(C)C(=O)NCC. The number of hydrogen-bond acceptors (Lipinski definition) is 2. The highest BCUT2D eigenvalue weighted by atomic mass is 16.2. The molecule has 1 unspecified atom stereocenters. The Labute approximate surface area is 80.6 Å². The third-order valence-corrected chi connectivity index (χ3v) is 1.78. The summed E-state index contributed by atoms with van der Waals surface area (Å²) >= 11 is 0. The second-order valence-electron chi connectivity index (χ2n) is 3.00. The van der Waals surface area contributed by atoms with E-state index >= 15 is 0 Å². The molecule has 0 aliphatic carbocycles. The van der Waals surface area contributed by atoms with Gasteiger partial charge in [-0.2, -0.15) is 0 Å². The lowest BCUT2D eigenvalue weighted by atomic mass is 10.2. The van der Waals surface area contributed by atoms with Crippen LogP contribution in [0, 0.1) is 0 Å². The highest BCUT2D eigenvalue weighted by molar-refractivity contribution is 5.81. The molecule has 0 spiro atoms. The molecule has 1 atom stereocenters. The highest BCUT2D eigenvalue weighted by Crippen LogP contribution is 1.88. The van der Waals surface area contributed by atoms with E-state index in [1.54, 1.807) is 0 Å². The van der Waals surface area contributed by atoms with Crippen molar-refractivity contribution in [1.29, 1.82) is 0 Å². The van der Waals surface area contributed by atoms with E-state index < -0.39 is 0 Å². The van der Waals surface area contributed by atoms with Gasteiger partial charge in [0.25, 0.3) is 0 Å². The summed E-state index contributed by atoms with van der Waals surface area (Å²) in [6.45, 7) is 8.99. The molecule has 0 saturated carbocycles. The minimum absolute atomic E-state index is 0.0705. The van der Waals surface area contributed by atoms with Gasteiger partial charge in [-0.3, -0.25) is 4.79 Å². The van der Waals surface area contributed by atoms with Crippen LogP contribution in [0.4, 0.5) is 0 Å². The first-order valence-corrected chi connectivity index (χ1v) is 4.84. The molecule has 3 nitrogen and oxygen atoms in total. The Morgan fingerprint density at radius 2 is 2.31 bits per heavy atom. The third-order valence-electron chi connectivity index (χ3n) is 1.78. The molecule has 13 heavy (non-hydrogen) atoms. The van der Waals surface area contributed by atoms with Gasteiger partial charge in [0.2, 0.25) is 5.91 Å². The summed E-state index contributed by atoms with van der Waals surface area (Å²) in [4.78, 5) is 11.2. The van der Waals surface area contributed by atoms with Gasteiger partial charge in [-0.1, -0.05) is 6.08 Å². The second-order valence-corrected chi connectivity index (χ2v) is 3.00. The molecule has 0 aromatic carbocycles. The normalized spacial score (nSPS) is 12.2. The number of unbranched alkanes of at least 4 members (excludes halogenated alkanes) is 1. The fraction of sp³-hybridized carbons (Fsp3) is 0.700. The Kier molecular flexibility index (Phi) is 7.30. The molecule has 0 saturated heterocycles. The molecule has 0 aliphatic rings. The predicted molar refractivity (Wildman–Crippen MR) is 55.6 cm³/mol. The summed E-state index contributed by atoms with van der Waals surface area (Å²) in [7, 11) is 0. The van der Waals surface area contributed by atoms with E-state index in [4.69, 9.17) is 0 Å². The van der Waals surface area contributed by atoms with Crippen LogP contribution in [0.1, 0.15) is 26.7 Å². The van der Waals surface area contributed by atoms with Crippen molar-refractivity contribution >= 4 is 5.91 Å². The number of nitrogens with one attached hydrogen (secondary N) is 2. The van der Waals surface area contributed by atoms with Crippen LogP contribution in [0.15, 0.2) is 12.7 Å². The number of carbonyl (C=O) groups excluding carboxylic acids is 1. The molecule has 0 rings (SSSR count). The van der Waals surface area contributed by atoms with E-state index in [1.807, 2.05) is 19.9 Å². The van der Waals surface area contributed by atoms with Gasteiger partial charge in [0.1, 0.15) is 0 Å². The molecular weight excluding hydrogens is 164 g/mol. The van der Waals surface area contributed by atoms with Crippen molar-refractivity contribution in [2.75, 3.05) is 13.1 Å². The van der Waals surface area contributed by atoms with Crippen LogP contribution in [-0.4, -0.2) is 25.0 Å². The number of hydrogen-bond donors (Lipinski definition) is 2. The average Bonchev–Trinajstić information content (AvgIpc) is 2.12. The molecule has 3 heteroatoms. The fourth-order valence-corrected chi connectivity index (χ4v) is 0.985. The minimum Gasteiger partial charge on any atom is -0.355 e. The van der Waals surface area contributed by atoms with Crippen molar-refractivity contribution in [2.45, 2.75) is 32.7 Å². The number of likely N-dealkylation sites (N-methyl/N-ethyl adjacent to an activating group) is 1. The summed E-state index contributed by atoms with van der Waals surface area (Å²) in [5, 5.41) is 5.91. The molecule has 0 radical (unpaired) electrons. The monoisotopic (exact) mass is 184 g/mol. The number of rotatable bonds is 7. The first-order chi connectivity index (χ1) is 6.22. The van der Waals surface area contributed by atoms with Gasteiger partial charge >= 0.3 is 0 Å². The van der Waals surface area contributed by atoms with Crippen LogP contribution in [-0.2, 0) is 4.79 Å². The third kappa shape index (κ3) is 6.34. The van der Waals surface area contributed by atoms with Crippen molar-refractivity contribution in [3.8, 4) is 0 Å². The summed E-state index contributed by atoms with van der Waals surface area (Å²) < 4.78 is 0. The van der Waals surface area contributed by atoms with E-state index in [2.05, 4.69) is 17.2 Å². The van der Waals surface area contributed by atoms with Gasteiger partial charge < -0.3 is 10.6 Å². The first-order valence-electron chi connectivity index (χ1n) is 4.84. The Hall–Kier alpha value is -0.830. The fourth-order valence-electron chi connectivity index (χ4n) is 0.985. The van der Waals surface area contributed by atoms with Crippen LogP contribution in [0.2, 0.25) is 0 Å². The van der Waals surface area contributed by atoms with E-state index in [0.29, 0.717) is 6.54 Å².